The zero-order valence-corrected chi connectivity index (χ0v) is 21.8. The van der Waals surface area contributed by atoms with Gasteiger partial charge in [0.2, 0.25) is 5.91 Å². The van der Waals surface area contributed by atoms with Crippen molar-refractivity contribution in [2.45, 2.75) is 46.1 Å². The van der Waals surface area contributed by atoms with Crippen LogP contribution in [0.4, 0.5) is 0 Å². The summed E-state index contributed by atoms with van der Waals surface area (Å²) in [6.45, 7) is 5.40. The fourth-order valence-corrected chi connectivity index (χ4v) is 5.55. The molecule has 35 heavy (non-hydrogen) atoms. The number of amides is 2. The second kappa shape index (κ2) is 13.4. The van der Waals surface area contributed by atoms with Gasteiger partial charge in [-0.15, -0.1) is 11.8 Å². The summed E-state index contributed by atoms with van der Waals surface area (Å²) >= 11 is 2.45. The molecule has 0 saturated carbocycles. The van der Waals surface area contributed by atoms with Gasteiger partial charge in [-0.25, -0.2) is 4.79 Å². The quantitative estimate of drug-likeness (QED) is 0.467. The Bertz CT molecular complexity index is 1130. The zero-order chi connectivity index (χ0) is 25.2. The van der Waals surface area contributed by atoms with E-state index in [2.05, 4.69) is 4.99 Å². The van der Waals surface area contributed by atoms with Crippen molar-refractivity contribution in [1.82, 2.24) is 9.47 Å². The molecule has 0 spiro atoms. The minimum atomic E-state index is -0.451. The van der Waals surface area contributed by atoms with Gasteiger partial charge in [0.1, 0.15) is 6.54 Å². The highest BCUT2D eigenvalue weighted by atomic mass is 32.2. The van der Waals surface area contributed by atoms with Gasteiger partial charge in [-0.2, -0.15) is 4.99 Å². The number of esters is 2. The summed E-state index contributed by atoms with van der Waals surface area (Å²) in [5, 5.41) is 0. The van der Waals surface area contributed by atoms with Crippen LogP contribution in [-0.2, 0) is 30.4 Å². The maximum absolute atomic E-state index is 12.6. The third kappa shape index (κ3) is 7.66. The maximum Gasteiger partial charge on any atom is 0.338 e. The van der Waals surface area contributed by atoms with E-state index in [0.717, 1.165) is 38.8 Å². The fourth-order valence-electron chi connectivity index (χ4n) is 3.76. The predicted molar refractivity (Wildman–Crippen MR) is 135 cm³/mol. The van der Waals surface area contributed by atoms with Crippen molar-refractivity contribution in [1.29, 1.82) is 0 Å². The molecule has 2 heterocycles. The normalized spacial score (nSPS) is 14.6. The van der Waals surface area contributed by atoms with Crippen LogP contribution >= 0.6 is 23.1 Å². The van der Waals surface area contributed by atoms with Gasteiger partial charge >= 0.3 is 11.9 Å². The molecule has 1 aliphatic rings. The monoisotopic (exact) mass is 521 g/mol. The van der Waals surface area contributed by atoms with Crippen LogP contribution < -0.4 is 4.80 Å². The third-order valence-electron chi connectivity index (χ3n) is 5.42. The Morgan fingerprint density at radius 1 is 1.00 bits per heavy atom. The number of likely N-dealkylation sites (tertiary alicyclic amines) is 1. The van der Waals surface area contributed by atoms with Crippen LogP contribution in [0.3, 0.4) is 0 Å². The first-order valence-electron chi connectivity index (χ1n) is 11.8. The molecular weight excluding hydrogens is 490 g/mol. The molecule has 11 heteroatoms. The number of nitrogens with zero attached hydrogens (tertiary/aromatic N) is 3. The Morgan fingerprint density at radius 2 is 1.71 bits per heavy atom. The number of thiazole rings is 1. The average molecular weight is 522 g/mol. The Kier molecular flexibility index (Phi) is 10.3. The minimum absolute atomic E-state index is 0.0513. The van der Waals surface area contributed by atoms with Gasteiger partial charge in [0, 0.05) is 13.1 Å². The Hall–Kier alpha value is -2.66. The number of carbonyl (C=O) groups is 4. The number of ether oxygens (including phenoxy) is 2. The van der Waals surface area contributed by atoms with E-state index in [1.807, 2.05) is 4.90 Å². The summed E-state index contributed by atoms with van der Waals surface area (Å²) in [4.78, 5) is 55.8. The van der Waals surface area contributed by atoms with Crippen molar-refractivity contribution in [3.05, 3.63) is 28.6 Å². The first kappa shape index (κ1) is 26.9. The van der Waals surface area contributed by atoms with E-state index in [4.69, 9.17) is 9.47 Å². The summed E-state index contributed by atoms with van der Waals surface area (Å²) < 4.78 is 12.4. The van der Waals surface area contributed by atoms with Crippen molar-refractivity contribution in [2.75, 3.05) is 37.8 Å². The van der Waals surface area contributed by atoms with Crippen LogP contribution in [0.25, 0.3) is 10.2 Å². The predicted octanol–water partition coefficient (Wildman–Crippen LogP) is 3.01. The van der Waals surface area contributed by atoms with Crippen LogP contribution in [0.2, 0.25) is 0 Å². The second-order valence-corrected chi connectivity index (χ2v) is 9.97. The highest BCUT2D eigenvalue weighted by Crippen LogP contribution is 2.20. The van der Waals surface area contributed by atoms with Gasteiger partial charge in [0.05, 0.1) is 40.5 Å². The van der Waals surface area contributed by atoms with Crippen molar-refractivity contribution in [3.63, 3.8) is 0 Å². The van der Waals surface area contributed by atoms with E-state index in [9.17, 15) is 19.2 Å². The van der Waals surface area contributed by atoms with Crippen molar-refractivity contribution in [3.8, 4) is 0 Å². The van der Waals surface area contributed by atoms with Crippen LogP contribution in [0, 0.1) is 0 Å². The van der Waals surface area contributed by atoms with Gasteiger partial charge in [-0.1, -0.05) is 24.2 Å². The maximum atomic E-state index is 12.6. The number of aromatic nitrogens is 1. The molecule has 0 unspecified atom stereocenters. The molecule has 1 fully saturated rings. The molecule has 1 aliphatic heterocycles. The van der Waals surface area contributed by atoms with Crippen LogP contribution in [0.5, 0.6) is 0 Å². The number of hydrogen-bond donors (Lipinski definition) is 0. The Morgan fingerprint density at radius 3 is 2.40 bits per heavy atom. The number of thioether (sulfide) groups is 1. The minimum Gasteiger partial charge on any atom is -0.465 e. The lowest BCUT2D eigenvalue weighted by atomic mass is 10.2. The molecule has 0 N–H and O–H groups in total. The molecule has 0 bridgehead atoms. The Labute approximate surface area is 212 Å². The molecule has 0 atom stereocenters. The van der Waals surface area contributed by atoms with Gasteiger partial charge in [-0.05, 0) is 44.9 Å². The Balaban J connectivity index is 1.76. The molecule has 2 aromatic rings. The summed E-state index contributed by atoms with van der Waals surface area (Å²) in [6.07, 6.45) is 4.34. The third-order valence-corrected chi connectivity index (χ3v) is 7.36. The molecule has 190 valence electrons. The van der Waals surface area contributed by atoms with Crippen molar-refractivity contribution in [2.24, 2.45) is 4.99 Å². The number of benzene rings is 1. The standard InChI is InChI=1S/C24H31N3O6S2/c1-3-32-22(30)14-27-18-10-9-17(23(31)33-4-2)13-19(18)35-24(27)25-20(28)15-34-16-21(29)26-11-7-5-6-8-12-26/h9-10,13H,3-8,11-12,14-16H2,1-2H3. The van der Waals surface area contributed by atoms with Crippen LogP contribution in [0.1, 0.15) is 49.9 Å². The lowest BCUT2D eigenvalue weighted by Crippen LogP contribution is -2.33. The molecule has 1 aromatic heterocycles. The molecule has 0 radical (unpaired) electrons. The SMILES string of the molecule is CCOC(=O)Cn1c(=NC(=O)CSCC(=O)N2CCCCCC2)sc2cc(C(=O)OCC)ccc21. The molecule has 1 aromatic carbocycles. The summed E-state index contributed by atoms with van der Waals surface area (Å²) in [5.74, 6) is -0.947. The fraction of sp³-hybridized carbons (Fsp3) is 0.542. The lowest BCUT2D eigenvalue weighted by molar-refractivity contribution is -0.143. The molecular formula is C24H31N3O6S2. The summed E-state index contributed by atoms with van der Waals surface area (Å²) in [6, 6.07) is 4.98. The van der Waals surface area contributed by atoms with E-state index in [-0.39, 0.29) is 37.2 Å². The highest BCUT2D eigenvalue weighted by molar-refractivity contribution is 8.00. The van der Waals surface area contributed by atoms with Crippen molar-refractivity contribution >= 4 is 57.1 Å². The number of hydrogen-bond acceptors (Lipinski definition) is 8. The summed E-state index contributed by atoms with van der Waals surface area (Å²) in [5.41, 5.74) is 1.04. The second-order valence-electron chi connectivity index (χ2n) is 7.97. The van der Waals surface area contributed by atoms with E-state index in [0.29, 0.717) is 20.6 Å². The average Bonchev–Trinajstić information content (AvgIpc) is 2.99. The molecule has 2 amide bonds. The smallest absolute Gasteiger partial charge is 0.338 e. The van der Waals surface area contributed by atoms with E-state index < -0.39 is 17.8 Å². The first-order chi connectivity index (χ1) is 16.9. The number of carbonyl (C=O) groups excluding carboxylic acids is 4. The van der Waals surface area contributed by atoms with Gasteiger partial charge < -0.3 is 18.9 Å². The topological polar surface area (TPSA) is 107 Å². The zero-order valence-electron chi connectivity index (χ0n) is 20.1. The molecule has 0 aliphatic carbocycles. The lowest BCUT2D eigenvalue weighted by Gasteiger charge is -2.19. The highest BCUT2D eigenvalue weighted by Gasteiger charge is 2.17. The number of fused-ring (bicyclic) bond motifs is 1. The van der Waals surface area contributed by atoms with Gasteiger partial charge in [-0.3, -0.25) is 14.4 Å². The van der Waals surface area contributed by atoms with Crippen LogP contribution in [0.15, 0.2) is 23.2 Å². The summed E-state index contributed by atoms with van der Waals surface area (Å²) in [7, 11) is 0. The van der Waals surface area contributed by atoms with E-state index in [1.54, 1.807) is 36.6 Å². The van der Waals surface area contributed by atoms with E-state index >= 15 is 0 Å². The van der Waals surface area contributed by atoms with E-state index in [1.165, 1.54) is 23.1 Å². The van der Waals surface area contributed by atoms with Gasteiger partial charge in [0.15, 0.2) is 4.80 Å². The molecule has 3 rings (SSSR count). The van der Waals surface area contributed by atoms with Crippen LogP contribution in [-0.4, -0.2) is 71.0 Å². The molecule has 9 nitrogen and oxygen atoms in total. The molecule has 1 saturated heterocycles. The van der Waals surface area contributed by atoms with Crippen molar-refractivity contribution < 1.29 is 28.7 Å². The first-order valence-corrected chi connectivity index (χ1v) is 13.8. The number of rotatable bonds is 9. The largest absolute Gasteiger partial charge is 0.465 e. The van der Waals surface area contributed by atoms with Gasteiger partial charge in [0.25, 0.3) is 5.91 Å².